The maximum absolute atomic E-state index is 5.59. The monoisotopic (exact) mass is 282 g/mol. The largest absolute Gasteiger partial charge is 0.376 e. The molecule has 2 aliphatic rings. The van der Waals surface area contributed by atoms with Crippen molar-refractivity contribution >= 4 is 0 Å². The van der Waals surface area contributed by atoms with Gasteiger partial charge in [0.1, 0.15) is 0 Å². The number of nitrogens with one attached hydrogen (secondary N) is 1. The molecule has 2 fully saturated rings. The molecule has 0 spiro atoms. The van der Waals surface area contributed by atoms with Gasteiger partial charge >= 0.3 is 0 Å². The smallest absolute Gasteiger partial charge is 0.258 e. The van der Waals surface area contributed by atoms with Crippen LogP contribution in [-0.2, 0) is 9.47 Å². The normalized spacial score (nSPS) is 26.6. The van der Waals surface area contributed by atoms with Crippen LogP contribution in [0.15, 0.2) is 4.52 Å². The summed E-state index contributed by atoms with van der Waals surface area (Å²) in [6.45, 7) is 7.93. The predicted molar refractivity (Wildman–Crippen MR) is 71.3 cm³/mol. The van der Waals surface area contributed by atoms with Crippen molar-refractivity contribution in [2.75, 3.05) is 46.0 Å². The fourth-order valence-corrected chi connectivity index (χ4v) is 2.74. The zero-order valence-corrected chi connectivity index (χ0v) is 11.9. The summed E-state index contributed by atoms with van der Waals surface area (Å²) in [6.07, 6.45) is 0.756. The molecule has 0 amide bonds. The summed E-state index contributed by atoms with van der Waals surface area (Å²) in [5.74, 6) is 1.30. The highest BCUT2D eigenvalue weighted by molar-refractivity contribution is 4.98. The van der Waals surface area contributed by atoms with Gasteiger partial charge in [-0.1, -0.05) is 12.1 Å². The van der Waals surface area contributed by atoms with Crippen molar-refractivity contribution < 1.29 is 14.0 Å². The van der Waals surface area contributed by atoms with Crippen LogP contribution in [0, 0.1) is 0 Å². The molecule has 0 radical (unpaired) electrons. The highest BCUT2D eigenvalue weighted by Gasteiger charge is 2.28. The first-order valence-corrected chi connectivity index (χ1v) is 7.36. The van der Waals surface area contributed by atoms with Crippen molar-refractivity contribution in [3.8, 4) is 0 Å². The summed E-state index contributed by atoms with van der Waals surface area (Å²) in [5, 5.41) is 7.51. The molecule has 2 aliphatic heterocycles. The summed E-state index contributed by atoms with van der Waals surface area (Å²) >= 11 is 0. The zero-order chi connectivity index (χ0) is 13.8. The Morgan fingerprint density at radius 3 is 2.90 bits per heavy atom. The van der Waals surface area contributed by atoms with Gasteiger partial charge in [-0.3, -0.25) is 4.90 Å². The van der Waals surface area contributed by atoms with E-state index in [2.05, 4.69) is 27.3 Å². The Hall–Kier alpha value is -1.02. The number of aromatic nitrogens is 2. The second kappa shape index (κ2) is 6.62. The molecule has 3 rings (SSSR count). The second-order valence-electron chi connectivity index (χ2n) is 5.14. The van der Waals surface area contributed by atoms with Crippen LogP contribution in [0.1, 0.15) is 37.2 Å². The number of rotatable bonds is 4. The van der Waals surface area contributed by atoms with Crippen LogP contribution in [-0.4, -0.2) is 61.0 Å². The van der Waals surface area contributed by atoms with E-state index in [4.69, 9.17) is 14.0 Å². The third kappa shape index (κ3) is 3.01. The van der Waals surface area contributed by atoms with Gasteiger partial charge in [0.25, 0.3) is 5.89 Å². The second-order valence-corrected chi connectivity index (χ2v) is 5.14. The van der Waals surface area contributed by atoms with E-state index in [0.717, 1.165) is 38.4 Å². The first-order chi connectivity index (χ1) is 9.88. The van der Waals surface area contributed by atoms with Crippen LogP contribution in [0.3, 0.4) is 0 Å². The van der Waals surface area contributed by atoms with Crippen LogP contribution < -0.4 is 5.32 Å². The molecular formula is C13H22N4O3. The SMILES string of the molecule is CCC(c1noc(C2COCCO2)n1)N1CCNCC1. The van der Waals surface area contributed by atoms with E-state index in [-0.39, 0.29) is 12.1 Å². The van der Waals surface area contributed by atoms with Crippen molar-refractivity contribution in [1.29, 1.82) is 0 Å². The summed E-state index contributed by atoms with van der Waals surface area (Å²) < 4.78 is 16.3. The molecule has 0 bridgehead atoms. The maximum Gasteiger partial charge on any atom is 0.258 e. The molecule has 2 unspecified atom stereocenters. The van der Waals surface area contributed by atoms with E-state index < -0.39 is 0 Å². The summed E-state index contributed by atoms with van der Waals surface area (Å²) in [7, 11) is 0. The molecule has 7 heteroatoms. The maximum atomic E-state index is 5.59. The molecule has 1 aromatic rings. The van der Waals surface area contributed by atoms with E-state index in [1.807, 2.05) is 0 Å². The Kier molecular flexibility index (Phi) is 4.62. The number of nitrogens with zero attached hydrogens (tertiary/aromatic N) is 3. The van der Waals surface area contributed by atoms with Crippen molar-refractivity contribution in [2.24, 2.45) is 0 Å². The van der Waals surface area contributed by atoms with Crippen molar-refractivity contribution in [3.63, 3.8) is 0 Å². The van der Waals surface area contributed by atoms with Gasteiger partial charge in [0.15, 0.2) is 11.9 Å². The van der Waals surface area contributed by atoms with Crippen LogP contribution in [0.2, 0.25) is 0 Å². The zero-order valence-electron chi connectivity index (χ0n) is 11.9. The number of piperazine rings is 1. The molecule has 1 N–H and O–H groups in total. The minimum absolute atomic E-state index is 0.217. The molecule has 2 atom stereocenters. The number of hydrogen-bond donors (Lipinski definition) is 1. The van der Waals surface area contributed by atoms with Crippen molar-refractivity contribution in [1.82, 2.24) is 20.4 Å². The van der Waals surface area contributed by atoms with Gasteiger partial charge < -0.3 is 19.3 Å². The van der Waals surface area contributed by atoms with Gasteiger partial charge in [-0.15, -0.1) is 0 Å². The summed E-state index contributed by atoms with van der Waals surface area (Å²) in [5.41, 5.74) is 0. The van der Waals surface area contributed by atoms with Crippen LogP contribution >= 0.6 is 0 Å². The summed E-state index contributed by atoms with van der Waals surface area (Å²) in [6, 6.07) is 0.221. The molecule has 20 heavy (non-hydrogen) atoms. The van der Waals surface area contributed by atoms with Gasteiger partial charge in [-0.05, 0) is 6.42 Å². The lowest BCUT2D eigenvalue weighted by Gasteiger charge is -2.32. The van der Waals surface area contributed by atoms with Gasteiger partial charge in [0.05, 0.1) is 25.9 Å². The van der Waals surface area contributed by atoms with Gasteiger partial charge in [0, 0.05) is 26.2 Å². The van der Waals surface area contributed by atoms with Crippen LogP contribution in [0.5, 0.6) is 0 Å². The molecule has 3 heterocycles. The van der Waals surface area contributed by atoms with E-state index in [9.17, 15) is 0 Å². The van der Waals surface area contributed by atoms with Crippen LogP contribution in [0.4, 0.5) is 0 Å². The predicted octanol–water partition coefficient (Wildman–Crippen LogP) is 0.514. The highest BCUT2D eigenvalue weighted by atomic mass is 16.6. The number of ether oxygens (including phenoxy) is 2. The average Bonchev–Trinajstić information content (AvgIpc) is 3.00. The molecule has 112 valence electrons. The van der Waals surface area contributed by atoms with E-state index in [1.165, 1.54) is 0 Å². The fraction of sp³-hybridized carbons (Fsp3) is 0.846. The third-order valence-electron chi connectivity index (χ3n) is 3.83. The van der Waals surface area contributed by atoms with E-state index in [0.29, 0.717) is 25.7 Å². The molecule has 0 saturated carbocycles. The average molecular weight is 282 g/mol. The standard InChI is InChI=1S/C13H22N4O3/c1-2-10(17-5-3-14-4-6-17)12-15-13(20-16-12)11-9-18-7-8-19-11/h10-11,14H,2-9H2,1H3. The van der Waals surface area contributed by atoms with E-state index in [1.54, 1.807) is 0 Å². The minimum Gasteiger partial charge on any atom is -0.376 e. The molecule has 1 aromatic heterocycles. The van der Waals surface area contributed by atoms with E-state index >= 15 is 0 Å². The molecule has 7 nitrogen and oxygen atoms in total. The Labute approximate surface area is 118 Å². The quantitative estimate of drug-likeness (QED) is 0.862. The Morgan fingerprint density at radius 2 is 2.20 bits per heavy atom. The fourth-order valence-electron chi connectivity index (χ4n) is 2.74. The molecule has 0 aliphatic carbocycles. The molecule has 0 aromatic carbocycles. The topological polar surface area (TPSA) is 72.7 Å². The molecular weight excluding hydrogens is 260 g/mol. The highest BCUT2D eigenvalue weighted by Crippen LogP contribution is 2.25. The number of hydrogen-bond acceptors (Lipinski definition) is 7. The van der Waals surface area contributed by atoms with Gasteiger partial charge in [0.2, 0.25) is 0 Å². The lowest BCUT2D eigenvalue weighted by molar-refractivity contribution is -0.101. The third-order valence-corrected chi connectivity index (χ3v) is 3.83. The molecule has 2 saturated heterocycles. The van der Waals surface area contributed by atoms with Gasteiger partial charge in [-0.25, -0.2) is 0 Å². The Bertz CT molecular complexity index is 414. The Morgan fingerprint density at radius 1 is 1.35 bits per heavy atom. The lowest BCUT2D eigenvalue weighted by Crippen LogP contribution is -2.45. The lowest BCUT2D eigenvalue weighted by atomic mass is 10.1. The summed E-state index contributed by atoms with van der Waals surface area (Å²) in [4.78, 5) is 6.94. The minimum atomic E-state index is -0.217. The van der Waals surface area contributed by atoms with Crippen molar-refractivity contribution in [2.45, 2.75) is 25.5 Å². The van der Waals surface area contributed by atoms with Crippen molar-refractivity contribution in [3.05, 3.63) is 11.7 Å². The Balaban J connectivity index is 1.70. The first kappa shape index (κ1) is 13.9. The van der Waals surface area contributed by atoms with Crippen LogP contribution in [0.25, 0.3) is 0 Å². The van der Waals surface area contributed by atoms with Gasteiger partial charge in [-0.2, -0.15) is 4.98 Å². The first-order valence-electron chi connectivity index (χ1n) is 7.36.